The molecule has 0 atom stereocenters. The first kappa shape index (κ1) is 15.8. The second-order valence-electron chi connectivity index (χ2n) is 5.75. The smallest absolute Gasteiger partial charge is 0.255 e. The molecule has 1 fully saturated rings. The van der Waals surface area contributed by atoms with Gasteiger partial charge in [0.15, 0.2) is 0 Å². The van der Waals surface area contributed by atoms with E-state index in [4.69, 9.17) is 4.74 Å². The van der Waals surface area contributed by atoms with Crippen molar-refractivity contribution in [3.8, 4) is 5.75 Å². The van der Waals surface area contributed by atoms with Crippen LogP contribution in [0, 0.1) is 0 Å². The number of nitrogens with one attached hydrogen (secondary N) is 1. The molecule has 0 aromatic heterocycles. The predicted molar refractivity (Wildman–Crippen MR) is 82.6 cm³/mol. The average Bonchev–Trinajstić information content (AvgIpc) is 2.71. The summed E-state index contributed by atoms with van der Waals surface area (Å²) in [7, 11) is 0. The summed E-state index contributed by atoms with van der Waals surface area (Å²) in [6, 6.07) is 7.20. The summed E-state index contributed by atoms with van der Waals surface area (Å²) in [4.78, 5) is 12.3. The summed E-state index contributed by atoms with van der Waals surface area (Å²) in [5.41, 5.74) is -0.233. The van der Waals surface area contributed by atoms with E-state index in [0.29, 0.717) is 24.5 Å². The van der Waals surface area contributed by atoms with E-state index >= 15 is 0 Å². The Hall–Kier alpha value is -1.55. The zero-order valence-corrected chi connectivity index (χ0v) is 12.7. The summed E-state index contributed by atoms with van der Waals surface area (Å²) in [6.45, 7) is 2.73. The van der Waals surface area contributed by atoms with Crippen molar-refractivity contribution in [1.29, 1.82) is 0 Å². The van der Waals surface area contributed by atoms with Gasteiger partial charge in [-0.1, -0.05) is 37.8 Å². The van der Waals surface area contributed by atoms with Gasteiger partial charge in [-0.2, -0.15) is 0 Å². The normalized spacial score (nSPS) is 17.8. The Morgan fingerprint density at radius 3 is 2.57 bits per heavy atom. The Morgan fingerprint density at radius 1 is 1.24 bits per heavy atom. The van der Waals surface area contributed by atoms with Crippen molar-refractivity contribution in [3.63, 3.8) is 0 Å². The quantitative estimate of drug-likeness (QED) is 0.820. The van der Waals surface area contributed by atoms with E-state index in [0.717, 1.165) is 25.7 Å². The molecule has 0 saturated heterocycles. The molecule has 1 aromatic rings. The molecule has 4 nitrogen and oxygen atoms in total. The molecule has 0 bridgehead atoms. The first-order valence-corrected chi connectivity index (χ1v) is 7.87. The molecule has 2 rings (SSSR count). The number of para-hydroxylation sites is 1. The van der Waals surface area contributed by atoms with Crippen molar-refractivity contribution in [2.75, 3.05) is 13.2 Å². The molecular weight excluding hydrogens is 266 g/mol. The standard InChI is InChI=1S/C17H25NO3/c1-2-21-15-10-6-5-9-14(15)16(19)18-13-17(20)11-7-3-4-8-12-17/h5-6,9-10,20H,2-4,7-8,11-13H2,1H3,(H,18,19). The van der Waals surface area contributed by atoms with Gasteiger partial charge < -0.3 is 15.2 Å². The summed E-state index contributed by atoms with van der Waals surface area (Å²) >= 11 is 0. The van der Waals surface area contributed by atoms with Crippen molar-refractivity contribution < 1.29 is 14.6 Å². The molecule has 1 amide bonds. The topological polar surface area (TPSA) is 58.6 Å². The van der Waals surface area contributed by atoms with Gasteiger partial charge in [0.2, 0.25) is 0 Å². The number of carbonyl (C=O) groups excluding carboxylic acids is 1. The minimum absolute atomic E-state index is 0.184. The minimum atomic E-state index is -0.757. The van der Waals surface area contributed by atoms with E-state index in [1.54, 1.807) is 12.1 Å². The van der Waals surface area contributed by atoms with Crippen LogP contribution in [0.5, 0.6) is 5.75 Å². The molecule has 0 unspecified atom stereocenters. The highest BCUT2D eigenvalue weighted by Gasteiger charge is 2.28. The predicted octanol–water partition coefficient (Wildman–Crippen LogP) is 2.90. The van der Waals surface area contributed by atoms with Crippen LogP contribution < -0.4 is 10.1 Å². The van der Waals surface area contributed by atoms with E-state index in [1.807, 2.05) is 19.1 Å². The highest BCUT2D eigenvalue weighted by Crippen LogP contribution is 2.26. The molecule has 116 valence electrons. The lowest BCUT2D eigenvalue weighted by Gasteiger charge is -2.27. The van der Waals surface area contributed by atoms with Crippen LogP contribution >= 0.6 is 0 Å². The Kier molecular flexibility index (Phi) is 5.62. The molecule has 1 aromatic carbocycles. The number of aliphatic hydroxyl groups is 1. The van der Waals surface area contributed by atoms with Crippen LogP contribution in [0.4, 0.5) is 0 Å². The van der Waals surface area contributed by atoms with Crippen molar-refractivity contribution in [3.05, 3.63) is 29.8 Å². The third-order valence-electron chi connectivity index (χ3n) is 4.04. The van der Waals surface area contributed by atoms with E-state index in [2.05, 4.69) is 5.32 Å². The van der Waals surface area contributed by atoms with Gasteiger partial charge >= 0.3 is 0 Å². The molecule has 21 heavy (non-hydrogen) atoms. The fourth-order valence-electron chi connectivity index (χ4n) is 2.84. The van der Waals surface area contributed by atoms with Crippen LogP contribution in [0.1, 0.15) is 55.8 Å². The van der Waals surface area contributed by atoms with E-state index in [1.165, 1.54) is 12.8 Å². The maximum absolute atomic E-state index is 12.3. The molecule has 0 spiro atoms. The number of hydrogen-bond donors (Lipinski definition) is 2. The molecule has 0 heterocycles. The number of amides is 1. The van der Waals surface area contributed by atoms with Crippen molar-refractivity contribution in [1.82, 2.24) is 5.32 Å². The highest BCUT2D eigenvalue weighted by molar-refractivity contribution is 5.96. The number of rotatable bonds is 5. The molecule has 1 aliphatic rings. The Bertz CT molecular complexity index is 465. The van der Waals surface area contributed by atoms with Crippen LogP contribution in [0.15, 0.2) is 24.3 Å². The third-order valence-corrected chi connectivity index (χ3v) is 4.04. The lowest BCUT2D eigenvalue weighted by Crippen LogP contribution is -2.42. The first-order valence-electron chi connectivity index (χ1n) is 7.87. The number of benzene rings is 1. The van der Waals surface area contributed by atoms with E-state index in [9.17, 15) is 9.90 Å². The van der Waals surface area contributed by atoms with Crippen LogP contribution in [-0.2, 0) is 0 Å². The largest absolute Gasteiger partial charge is 0.493 e. The van der Waals surface area contributed by atoms with Crippen molar-refractivity contribution >= 4 is 5.91 Å². The van der Waals surface area contributed by atoms with Crippen LogP contribution in [0.25, 0.3) is 0 Å². The van der Waals surface area contributed by atoms with Gasteiger partial charge in [-0.25, -0.2) is 0 Å². The van der Waals surface area contributed by atoms with Gasteiger partial charge in [-0.15, -0.1) is 0 Å². The van der Waals surface area contributed by atoms with Gasteiger partial charge in [-0.05, 0) is 31.9 Å². The van der Waals surface area contributed by atoms with Crippen molar-refractivity contribution in [2.24, 2.45) is 0 Å². The van der Waals surface area contributed by atoms with Gasteiger partial charge in [0.05, 0.1) is 17.8 Å². The Balaban J connectivity index is 1.98. The average molecular weight is 291 g/mol. The molecule has 0 aliphatic heterocycles. The van der Waals surface area contributed by atoms with Gasteiger partial charge in [0, 0.05) is 6.54 Å². The second-order valence-corrected chi connectivity index (χ2v) is 5.75. The summed E-state index contributed by atoms with van der Waals surface area (Å²) in [5, 5.41) is 13.4. The summed E-state index contributed by atoms with van der Waals surface area (Å²) in [6.07, 6.45) is 5.93. The Labute approximate surface area is 126 Å². The molecule has 1 saturated carbocycles. The number of hydrogen-bond acceptors (Lipinski definition) is 3. The summed E-state index contributed by atoms with van der Waals surface area (Å²) in [5.74, 6) is 0.405. The number of ether oxygens (including phenoxy) is 1. The number of carbonyl (C=O) groups is 1. The molecule has 2 N–H and O–H groups in total. The summed E-state index contributed by atoms with van der Waals surface area (Å²) < 4.78 is 5.47. The van der Waals surface area contributed by atoms with Crippen LogP contribution in [-0.4, -0.2) is 29.8 Å². The lowest BCUT2D eigenvalue weighted by molar-refractivity contribution is 0.0246. The van der Waals surface area contributed by atoms with Gasteiger partial charge in [0.1, 0.15) is 5.75 Å². The molecule has 4 heteroatoms. The molecular formula is C17H25NO3. The fraction of sp³-hybridized carbons (Fsp3) is 0.588. The van der Waals surface area contributed by atoms with Crippen molar-refractivity contribution in [2.45, 2.75) is 51.0 Å². The third kappa shape index (κ3) is 4.46. The molecule has 1 aliphatic carbocycles. The van der Waals surface area contributed by atoms with Gasteiger partial charge in [0.25, 0.3) is 5.91 Å². The Morgan fingerprint density at radius 2 is 1.90 bits per heavy atom. The maximum atomic E-state index is 12.3. The minimum Gasteiger partial charge on any atom is -0.493 e. The zero-order valence-electron chi connectivity index (χ0n) is 12.7. The van der Waals surface area contributed by atoms with E-state index in [-0.39, 0.29) is 5.91 Å². The highest BCUT2D eigenvalue weighted by atomic mass is 16.5. The van der Waals surface area contributed by atoms with Gasteiger partial charge in [-0.3, -0.25) is 4.79 Å². The fourth-order valence-corrected chi connectivity index (χ4v) is 2.84. The van der Waals surface area contributed by atoms with Crippen LogP contribution in [0.2, 0.25) is 0 Å². The molecule has 0 radical (unpaired) electrons. The second kappa shape index (κ2) is 7.46. The lowest BCUT2D eigenvalue weighted by atomic mass is 9.94. The maximum Gasteiger partial charge on any atom is 0.255 e. The van der Waals surface area contributed by atoms with Crippen LogP contribution in [0.3, 0.4) is 0 Å². The monoisotopic (exact) mass is 291 g/mol. The SMILES string of the molecule is CCOc1ccccc1C(=O)NCC1(O)CCCCCC1. The zero-order chi connectivity index (χ0) is 15.1. The first-order chi connectivity index (χ1) is 10.1. The van der Waals surface area contributed by atoms with E-state index < -0.39 is 5.60 Å².